The van der Waals surface area contributed by atoms with Crippen molar-refractivity contribution in [3.63, 3.8) is 0 Å². The normalized spacial score (nSPS) is 22.7. The minimum Gasteiger partial charge on any atom is -0.328 e. The third-order valence-corrected chi connectivity index (χ3v) is 6.05. The zero-order valence-electron chi connectivity index (χ0n) is 13.9. The number of hydrogen-bond donors (Lipinski definition) is 3. The molecule has 22 heavy (non-hydrogen) atoms. The Hall–Kier alpha value is -0.950. The fraction of sp³-hybridized carbons (Fsp3) is 0.625. The fourth-order valence-corrected chi connectivity index (χ4v) is 4.30. The van der Waals surface area contributed by atoms with Crippen LogP contribution in [0.3, 0.4) is 0 Å². The molecule has 0 aliphatic carbocycles. The Morgan fingerprint density at radius 1 is 1.14 bits per heavy atom. The van der Waals surface area contributed by atoms with Crippen LogP contribution < -0.4 is 14.5 Å². The van der Waals surface area contributed by atoms with E-state index in [-0.39, 0.29) is 0 Å². The second-order valence-corrected chi connectivity index (χ2v) is 8.21. The molecule has 5 nitrogen and oxygen atoms in total. The summed E-state index contributed by atoms with van der Waals surface area (Å²) in [7, 11) is -1.16. The predicted octanol–water partition coefficient (Wildman–Crippen LogP) is -1.61. The van der Waals surface area contributed by atoms with Crippen molar-refractivity contribution in [2.24, 2.45) is 0 Å². The van der Waals surface area contributed by atoms with Crippen molar-refractivity contribution in [2.45, 2.75) is 25.2 Å². The summed E-state index contributed by atoms with van der Waals surface area (Å²) in [5.41, 5.74) is 1.76. The van der Waals surface area contributed by atoms with Gasteiger partial charge in [0, 0.05) is 13.0 Å². The van der Waals surface area contributed by atoms with Crippen LogP contribution in [0, 0.1) is 13.8 Å². The highest BCUT2D eigenvalue weighted by molar-refractivity contribution is 7.89. The Bertz CT molecular complexity index is 593. The van der Waals surface area contributed by atoms with E-state index in [2.05, 4.69) is 11.8 Å². The van der Waals surface area contributed by atoms with Crippen LogP contribution in [0.4, 0.5) is 0 Å². The number of piperazine rings is 1. The molecule has 1 fully saturated rings. The Morgan fingerprint density at radius 3 is 2.50 bits per heavy atom. The maximum absolute atomic E-state index is 12.4. The van der Waals surface area contributed by atoms with Gasteiger partial charge in [0.15, 0.2) is 0 Å². The van der Waals surface area contributed by atoms with Gasteiger partial charge in [-0.3, -0.25) is 0 Å². The average Bonchev–Trinajstić information content (AvgIpc) is 2.48. The molecular weight excluding hydrogens is 298 g/mol. The molecule has 1 aromatic rings. The number of quaternary nitrogens is 2. The second-order valence-electron chi connectivity index (χ2n) is 6.48. The molecule has 0 bridgehead atoms. The number of likely N-dealkylation sites (N-methyl/N-ethyl adjacent to an activating group) is 1. The van der Waals surface area contributed by atoms with Gasteiger partial charge in [-0.15, -0.1) is 0 Å². The first-order chi connectivity index (χ1) is 10.4. The SMILES string of the molecule is Cc1ccc(C)c(S(=O)(=O)NCCC[NH+]2CC[NH+](C)CC2)c1. The summed E-state index contributed by atoms with van der Waals surface area (Å²) in [6, 6.07) is 5.54. The molecule has 0 saturated carbocycles. The van der Waals surface area contributed by atoms with Crippen molar-refractivity contribution < 1.29 is 18.2 Å². The minimum atomic E-state index is -3.39. The highest BCUT2D eigenvalue weighted by Crippen LogP contribution is 2.16. The molecule has 0 amide bonds. The first-order valence-electron chi connectivity index (χ1n) is 8.10. The maximum Gasteiger partial charge on any atom is 0.240 e. The van der Waals surface area contributed by atoms with Gasteiger partial charge in [0.2, 0.25) is 10.0 Å². The van der Waals surface area contributed by atoms with Crippen molar-refractivity contribution in [3.05, 3.63) is 29.3 Å². The van der Waals surface area contributed by atoms with Gasteiger partial charge in [0.1, 0.15) is 26.2 Å². The van der Waals surface area contributed by atoms with Crippen LogP contribution in [0.5, 0.6) is 0 Å². The standard InChI is InChI=1S/C16H27N3O2S/c1-14-5-6-15(2)16(13-14)22(20,21)17-7-4-8-19-11-9-18(3)10-12-19/h5-6,13,17H,4,7-12H2,1-3H3/p+2. The smallest absolute Gasteiger partial charge is 0.240 e. The molecule has 1 aliphatic rings. The second kappa shape index (κ2) is 7.55. The van der Waals surface area contributed by atoms with Crippen LogP contribution in [-0.2, 0) is 10.0 Å². The lowest BCUT2D eigenvalue weighted by molar-refractivity contribution is -1.00. The summed E-state index contributed by atoms with van der Waals surface area (Å²) < 4.78 is 27.5. The van der Waals surface area contributed by atoms with E-state index in [0.29, 0.717) is 11.4 Å². The van der Waals surface area contributed by atoms with Crippen LogP contribution >= 0.6 is 0 Å². The third-order valence-electron chi connectivity index (χ3n) is 4.44. The summed E-state index contributed by atoms with van der Waals surface area (Å²) >= 11 is 0. The molecular formula is C16H29N3O2S+2. The summed E-state index contributed by atoms with van der Waals surface area (Å²) in [6.45, 7) is 10.1. The van der Waals surface area contributed by atoms with Gasteiger partial charge in [-0.05, 0) is 31.0 Å². The van der Waals surface area contributed by atoms with Gasteiger partial charge in [-0.25, -0.2) is 13.1 Å². The van der Waals surface area contributed by atoms with Gasteiger partial charge in [-0.2, -0.15) is 0 Å². The van der Waals surface area contributed by atoms with Crippen molar-refractivity contribution in [1.29, 1.82) is 0 Å². The van der Waals surface area contributed by atoms with E-state index in [1.165, 1.54) is 26.2 Å². The van der Waals surface area contributed by atoms with Crippen LogP contribution in [0.25, 0.3) is 0 Å². The van der Waals surface area contributed by atoms with E-state index >= 15 is 0 Å². The number of benzene rings is 1. The Balaban J connectivity index is 1.82. The van der Waals surface area contributed by atoms with E-state index in [1.807, 2.05) is 26.0 Å². The quantitative estimate of drug-likeness (QED) is 0.551. The summed E-state index contributed by atoms with van der Waals surface area (Å²) in [4.78, 5) is 3.60. The van der Waals surface area contributed by atoms with Gasteiger partial charge in [0.25, 0.3) is 0 Å². The summed E-state index contributed by atoms with van der Waals surface area (Å²) in [6.07, 6.45) is 0.887. The molecule has 0 spiro atoms. The Labute approximate surface area is 134 Å². The van der Waals surface area contributed by atoms with Crippen LogP contribution in [-0.4, -0.2) is 54.7 Å². The van der Waals surface area contributed by atoms with Crippen LogP contribution in [0.1, 0.15) is 17.5 Å². The lowest BCUT2D eigenvalue weighted by atomic mass is 10.2. The minimum absolute atomic E-state index is 0.406. The topological polar surface area (TPSA) is 55.0 Å². The first kappa shape index (κ1) is 17.4. The van der Waals surface area contributed by atoms with Gasteiger partial charge in [-0.1, -0.05) is 12.1 Å². The highest BCUT2D eigenvalue weighted by atomic mass is 32.2. The molecule has 3 N–H and O–H groups in total. The molecule has 1 saturated heterocycles. The molecule has 0 atom stereocenters. The van der Waals surface area contributed by atoms with Crippen molar-refractivity contribution in [2.75, 3.05) is 46.3 Å². The Morgan fingerprint density at radius 2 is 1.82 bits per heavy atom. The molecule has 0 unspecified atom stereocenters. The number of aryl methyl sites for hydroxylation is 2. The third kappa shape index (κ3) is 4.78. The number of nitrogens with one attached hydrogen (secondary N) is 3. The van der Waals surface area contributed by atoms with E-state index in [9.17, 15) is 8.42 Å². The highest BCUT2D eigenvalue weighted by Gasteiger charge is 2.20. The molecule has 1 heterocycles. The summed E-state index contributed by atoms with van der Waals surface area (Å²) in [5, 5.41) is 0. The van der Waals surface area contributed by atoms with Crippen LogP contribution in [0.15, 0.2) is 23.1 Å². The molecule has 124 valence electrons. The molecule has 0 radical (unpaired) electrons. The molecule has 1 aromatic carbocycles. The predicted molar refractivity (Wildman–Crippen MR) is 87.9 cm³/mol. The molecule has 0 aromatic heterocycles. The average molecular weight is 327 g/mol. The van der Waals surface area contributed by atoms with Gasteiger partial charge >= 0.3 is 0 Å². The van der Waals surface area contributed by atoms with Crippen LogP contribution in [0.2, 0.25) is 0 Å². The van der Waals surface area contributed by atoms with Gasteiger partial charge in [0.05, 0.1) is 18.5 Å². The van der Waals surface area contributed by atoms with Crippen molar-refractivity contribution >= 4 is 10.0 Å². The molecule has 6 heteroatoms. The number of sulfonamides is 1. The van der Waals surface area contributed by atoms with E-state index in [4.69, 9.17) is 0 Å². The van der Waals surface area contributed by atoms with Gasteiger partial charge < -0.3 is 9.80 Å². The number of rotatable bonds is 6. The fourth-order valence-electron chi connectivity index (χ4n) is 2.90. The van der Waals surface area contributed by atoms with E-state index < -0.39 is 10.0 Å². The first-order valence-corrected chi connectivity index (χ1v) is 9.58. The van der Waals surface area contributed by atoms with Crippen molar-refractivity contribution in [3.8, 4) is 0 Å². The maximum atomic E-state index is 12.4. The zero-order valence-corrected chi connectivity index (χ0v) is 14.7. The monoisotopic (exact) mass is 327 g/mol. The Kier molecular flexibility index (Phi) is 5.97. The lowest BCUT2D eigenvalue weighted by Crippen LogP contribution is -3.27. The number of hydrogen-bond acceptors (Lipinski definition) is 2. The van der Waals surface area contributed by atoms with Crippen molar-refractivity contribution in [1.82, 2.24) is 4.72 Å². The lowest BCUT2D eigenvalue weighted by Gasteiger charge is -2.27. The molecule has 2 rings (SSSR count). The van der Waals surface area contributed by atoms with E-state index in [1.54, 1.807) is 15.9 Å². The van der Waals surface area contributed by atoms with E-state index in [0.717, 1.165) is 24.1 Å². The molecule has 1 aliphatic heterocycles. The summed E-state index contributed by atoms with van der Waals surface area (Å²) in [5.74, 6) is 0. The zero-order chi connectivity index (χ0) is 16.2. The largest absolute Gasteiger partial charge is 0.328 e.